The number of hydrogen-bond acceptors (Lipinski definition) is 3. The molecule has 0 atom stereocenters. The zero-order valence-corrected chi connectivity index (χ0v) is 9.18. The van der Waals surface area contributed by atoms with E-state index in [1.807, 2.05) is 0 Å². The molecule has 2 N–H and O–H groups in total. The van der Waals surface area contributed by atoms with Crippen LogP contribution < -0.4 is 15.2 Å². The van der Waals surface area contributed by atoms with Gasteiger partial charge in [0, 0.05) is 23.2 Å². The van der Waals surface area contributed by atoms with Gasteiger partial charge in [0.1, 0.15) is 13.3 Å². The van der Waals surface area contributed by atoms with Crippen LogP contribution in [0.1, 0.15) is 5.56 Å². The molecule has 84 valence electrons. The maximum Gasteiger partial charge on any atom is 0.165 e. The van der Waals surface area contributed by atoms with Crippen molar-refractivity contribution in [2.45, 2.75) is 6.54 Å². The molecule has 0 aromatic heterocycles. The van der Waals surface area contributed by atoms with E-state index >= 15 is 0 Å². The number of hydrogen-bond donors (Lipinski definition) is 1. The number of rotatable bonds is 5. The number of halogens is 2. The van der Waals surface area contributed by atoms with Crippen molar-refractivity contribution in [1.29, 1.82) is 0 Å². The smallest absolute Gasteiger partial charge is 0.165 e. The molecule has 0 saturated carbocycles. The van der Waals surface area contributed by atoms with Gasteiger partial charge in [-0.1, -0.05) is 11.6 Å². The van der Waals surface area contributed by atoms with E-state index in [1.54, 1.807) is 12.1 Å². The van der Waals surface area contributed by atoms with E-state index in [4.69, 9.17) is 26.8 Å². The first kappa shape index (κ1) is 12.1. The fraction of sp³-hybridized carbons (Fsp3) is 0.400. The average Bonchev–Trinajstić information content (AvgIpc) is 2.26. The quantitative estimate of drug-likeness (QED) is 0.848. The third-order valence-corrected chi connectivity index (χ3v) is 2.08. The predicted molar refractivity (Wildman–Crippen MR) is 57.4 cm³/mol. The Hall–Kier alpha value is -1.00. The normalized spacial score (nSPS) is 10.1. The van der Waals surface area contributed by atoms with Crippen LogP contribution >= 0.6 is 11.6 Å². The molecular weight excluding hydrogens is 221 g/mol. The number of benzene rings is 1. The molecule has 0 aliphatic heterocycles. The van der Waals surface area contributed by atoms with Crippen LogP contribution in [0.5, 0.6) is 11.5 Å². The van der Waals surface area contributed by atoms with Gasteiger partial charge in [-0.15, -0.1) is 0 Å². The summed E-state index contributed by atoms with van der Waals surface area (Å²) in [7, 11) is 1.49. The molecule has 0 aliphatic carbocycles. The molecule has 0 amide bonds. The first-order chi connectivity index (χ1) is 7.22. The van der Waals surface area contributed by atoms with Crippen LogP contribution in [0.15, 0.2) is 12.1 Å². The molecule has 3 nitrogen and oxygen atoms in total. The zero-order chi connectivity index (χ0) is 11.3. The Bertz CT molecular complexity index is 308. The van der Waals surface area contributed by atoms with Gasteiger partial charge in [-0.25, -0.2) is 4.39 Å². The Morgan fingerprint density at radius 3 is 2.73 bits per heavy atom. The number of alkyl halides is 1. The summed E-state index contributed by atoms with van der Waals surface area (Å²) in [6.45, 7) is -0.320. The zero-order valence-electron chi connectivity index (χ0n) is 8.43. The third kappa shape index (κ3) is 2.97. The lowest BCUT2D eigenvalue weighted by Gasteiger charge is -2.13. The van der Waals surface area contributed by atoms with Crippen LogP contribution in [0.3, 0.4) is 0 Å². The lowest BCUT2D eigenvalue weighted by molar-refractivity contribution is 0.258. The molecule has 0 heterocycles. The van der Waals surface area contributed by atoms with Gasteiger partial charge in [-0.05, 0) is 6.07 Å². The van der Waals surface area contributed by atoms with Crippen LogP contribution in [-0.2, 0) is 6.54 Å². The van der Waals surface area contributed by atoms with Gasteiger partial charge in [0.25, 0.3) is 0 Å². The van der Waals surface area contributed by atoms with E-state index in [9.17, 15) is 4.39 Å². The monoisotopic (exact) mass is 233 g/mol. The Morgan fingerprint density at radius 2 is 2.20 bits per heavy atom. The van der Waals surface area contributed by atoms with E-state index in [1.165, 1.54) is 7.11 Å². The molecule has 5 heteroatoms. The fourth-order valence-electron chi connectivity index (χ4n) is 1.23. The van der Waals surface area contributed by atoms with Crippen LogP contribution in [0, 0.1) is 0 Å². The minimum atomic E-state index is -0.560. The molecule has 1 aromatic carbocycles. The van der Waals surface area contributed by atoms with E-state index < -0.39 is 6.67 Å². The minimum absolute atomic E-state index is 0.0228. The minimum Gasteiger partial charge on any atom is -0.493 e. The summed E-state index contributed by atoms with van der Waals surface area (Å²) in [5.41, 5.74) is 6.23. The SMILES string of the molecule is COc1cc(Cl)cc(CN)c1OCCF. The Kier molecular flexibility index (Phi) is 4.65. The molecule has 0 bridgehead atoms. The summed E-state index contributed by atoms with van der Waals surface area (Å²) in [6.07, 6.45) is 0. The van der Waals surface area contributed by atoms with Crippen LogP contribution in [0.25, 0.3) is 0 Å². The van der Waals surface area contributed by atoms with Crippen molar-refractivity contribution in [3.05, 3.63) is 22.7 Å². The predicted octanol–water partition coefficient (Wildman–Crippen LogP) is 2.16. The van der Waals surface area contributed by atoms with Crippen molar-refractivity contribution >= 4 is 11.6 Å². The largest absolute Gasteiger partial charge is 0.493 e. The molecule has 0 radical (unpaired) electrons. The first-order valence-corrected chi connectivity index (χ1v) is 4.86. The highest BCUT2D eigenvalue weighted by molar-refractivity contribution is 6.30. The van der Waals surface area contributed by atoms with E-state index in [0.29, 0.717) is 22.1 Å². The molecule has 15 heavy (non-hydrogen) atoms. The van der Waals surface area contributed by atoms with Crippen molar-refractivity contribution < 1.29 is 13.9 Å². The highest BCUT2D eigenvalue weighted by atomic mass is 35.5. The number of methoxy groups -OCH3 is 1. The van der Waals surface area contributed by atoms with Gasteiger partial charge in [-0.3, -0.25) is 0 Å². The van der Waals surface area contributed by atoms with E-state index in [-0.39, 0.29) is 13.2 Å². The fourth-order valence-corrected chi connectivity index (χ4v) is 1.46. The molecule has 0 unspecified atom stereocenters. The maximum absolute atomic E-state index is 12.0. The maximum atomic E-state index is 12.0. The second kappa shape index (κ2) is 5.78. The molecule has 0 aliphatic rings. The lowest BCUT2D eigenvalue weighted by Crippen LogP contribution is -2.06. The molecule has 0 saturated heterocycles. The first-order valence-electron chi connectivity index (χ1n) is 4.48. The molecule has 1 rings (SSSR count). The van der Waals surface area contributed by atoms with Crippen LogP contribution in [-0.4, -0.2) is 20.4 Å². The summed E-state index contributed by atoms with van der Waals surface area (Å²) in [6, 6.07) is 3.28. The molecule has 0 spiro atoms. The van der Waals surface area contributed by atoms with Crippen molar-refractivity contribution in [1.82, 2.24) is 0 Å². The van der Waals surface area contributed by atoms with Gasteiger partial charge < -0.3 is 15.2 Å². The highest BCUT2D eigenvalue weighted by Gasteiger charge is 2.11. The highest BCUT2D eigenvalue weighted by Crippen LogP contribution is 2.34. The third-order valence-electron chi connectivity index (χ3n) is 1.86. The van der Waals surface area contributed by atoms with Crippen LogP contribution in [0.4, 0.5) is 4.39 Å². The van der Waals surface area contributed by atoms with Crippen molar-refractivity contribution in [3.8, 4) is 11.5 Å². The molecule has 0 fully saturated rings. The van der Waals surface area contributed by atoms with Gasteiger partial charge in [0.2, 0.25) is 0 Å². The summed E-state index contributed by atoms with van der Waals surface area (Å²) < 4.78 is 22.3. The number of nitrogens with two attached hydrogens (primary N) is 1. The van der Waals surface area contributed by atoms with Crippen LogP contribution in [0.2, 0.25) is 5.02 Å². The van der Waals surface area contributed by atoms with Crippen molar-refractivity contribution in [3.63, 3.8) is 0 Å². The van der Waals surface area contributed by atoms with Crippen molar-refractivity contribution in [2.75, 3.05) is 20.4 Å². The van der Waals surface area contributed by atoms with Gasteiger partial charge in [0.15, 0.2) is 11.5 Å². The summed E-state index contributed by atoms with van der Waals surface area (Å²) in [4.78, 5) is 0. The average molecular weight is 234 g/mol. The topological polar surface area (TPSA) is 44.5 Å². The summed E-state index contributed by atoms with van der Waals surface area (Å²) in [5.74, 6) is 0.929. The van der Waals surface area contributed by atoms with Gasteiger partial charge in [-0.2, -0.15) is 0 Å². The Balaban J connectivity index is 3.06. The van der Waals surface area contributed by atoms with Crippen molar-refractivity contribution in [2.24, 2.45) is 5.73 Å². The molecule has 1 aromatic rings. The van der Waals surface area contributed by atoms with Gasteiger partial charge in [0.05, 0.1) is 7.11 Å². The van der Waals surface area contributed by atoms with E-state index in [2.05, 4.69) is 0 Å². The molecular formula is C10H13ClFNO2. The summed E-state index contributed by atoms with van der Waals surface area (Å²) in [5, 5.41) is 0.514. The Labute approximate surface area is 92.9 Å². The second-order valence-corrected chi connectivity index (χ2v) is 3.27. The lowest BCUT2D eigenvalue weighted by atomic mass is 10.2. The number of ether oxygens (including phenoxy) is 2. The standard InChI is InChI=1S/C10H13ClFNO2/c1-14-9-5-8(11)4-7(6-13)10(9)15-3-2-12/h4-5H,2-3,6,13H2,1H3. The second-order valence-electron chi connectivity index (χ2n) is 2.84. The summed E-state index contributed by atoms with van der Waals surface area (Å²) >= 11 is 5.85. The van der Waals surface area contributed by atoms with E-state index in [0.717, 1.165) is 0 Å². The Morgan fingerprint density at radius 1 is 1.47 bits per heavy atom. The van der Waals surface area contributed by atoms with Gasteiger partial charge >= 0.3 is 0 Å².